The first-order valence-electron chi connectivity index (χ1n) is 6.35. The van der Waals surface area contributed by atoms with E-state index in [9.17, 15) is 9.59 Å². The highest BCUT2D eigenvalue weighted by Crippen LogP contribution is 2.23. The van der Waals surface area contributed by atoms with Crippen molar-refractivity contribution >= 4 is 12.1 Å². The maximum absolute atomic E-state index is 12.1. The van der Waals surface area contributed by atoms with Crippen LogP contribution in [0.25, 0.3) is 0 Å². The number of hydrogen-bond donors (Lipinski definition) is 0. The zero-order chi connectivity index (χ0) is 15.9. The summed E-state index contributed by atoms with van der Waals surface area (Å²) in [4.78, 5) is 23.2. The quantitative estimate of drug-likeness (QED) is 0.491. The van der Waals surface area contributed by atoms with Gasteiger partial charge in [-0.15, -0.1) is 0 Å². The molecule has 0 bridgehead atoms. The van der Waals surface area contributed by atoms with E-state index in [0.717, 1.165) is 0 Å². The van der Waals surface area contributed by atoms with E-state index in [2.05, 4.69) is 4.74 Å². The Morgan fingerprint density at radius 3 is 2.23 bits per heavy atom. The molecule has 0 aromatic heterocycles. The molecule has 0 spiro atoms. The fourth-order valence-corrected chi connectivity index (χ4v) is 1.71. The van der Waals surface area contributed by atoms with Crippen molar-refractivity contribution in [2.45, 2.75) is 0 Å². The Hall–Kier alpha value is -3.02. The van der Waals surface area contributed by atoms with E-state index in [-0.39, 0.29) is 11.5 Å². The molecule has 0 aliphatic carbocycles. The molecule has 2 rings (SSSR count). The van der Waals surface area contributed by atoms with Gasteiger partial charge in [-0.2, -0.15) is 0 Å². The summed E-state index contributed by atoms with van der Waals surface area (Å²) in [7, 11) is 2.67. The summed E-state index contributed by atoms with van der Waals surface area (Å²) in [5.41, 5.74) is 0.296. The summed E-state index contributed by atoms with van der Waals surface area (Å²) >= 11 is 0. The van der Waals surface area contributed by atoms with E-state index in [0.29, 0.717) is 11.3 Å². The Balaban J connectivity index is 2.15. The second kappa shape index (κ2) is 7.12. The lowest BCUT2D eigenvalue weighted by Gasteiger charge is -2.09. The molecule has 0 aliphatic rings. The van der Waals surface area contributed by atoms with Gasteiger partial charge >= 0.3 is 12.1 Å². The second-order valence-corrected chi connectivity index (χ2v) is 4.12. The van der Waals surface area contributed by atoms with Crippen LogP contribution in [-0.4, -0.2) is 26.3 Å². The van der Waals surface area contributed by atoms with Crippen LogP contribution < -0.4 is 14.2 Å². The Morgan fingerprint density at radius 1 is 0.864 bits per heavy atom. The molecule has 2 aromatic rings. The van der Waals surface area contributed by atoms with E-state index in [1.165, 1.54) is 26.4 Å². The maximum atomic E-state index is 12.1. The van der Waals surface area contributed by atoms with E-state index < -0.39 is 12.1 Å². The summed E-state index contributed by atoms with van der Waals surface area (Å²) in [6.45, 7) is 0. The largest absolute Gasteiger partial charge is 0.513 e. The van der Waals surface area contributed by atoms with Gasteiger partial charge < -0.3 is 18.9 Å². The number of carbonyl (C=O) groups excluding carboxylic acids is 2. The minimum absolute atomic E-state index is 0.206. The SMILES string of the molecule is COC(=O)Oc1cccc(OC(=O)c2ccccc2OC)c1. The van der Waals surface area contributed by atoms with Crippen LogP contribution in [0, 0.1) is 0 Å². The van der Waals surface area contributed by atoms with Gasteiger partial charge in [0.1, 0.15) is 22.8 Å². The average Bonchev–Trinajstić information content (AvgIpc) is 2.55. The number of hydrogen-bond acceptors (Lipinski definition) is 6. The predicted molar refractivity (Wildman–Crippen MR) is 77.4 cm³/mol. The van der Waals surface area contributed by atoms with Gasteiger partial charge in [-0.3, -0.25) is 0 Å². The van der Waals surface area contributed by atoms with Crippen molar-refractivity contribution in [2.24, 2.45) is 0 Å². The molecule has 6 heteroatoms. The first-order valence-corrected chi connectivity index (χ1v) is 6.35. The highest BCUT2D eigenvalue weighted by molar-refractivity contribution is 5.94. The van der Waals surface area contributed by atoms with Crippen LogP contribution in [0.5, 0.6) is 17.2 Å². The lowest BCUT2D eigenvalue weighted by molar-refractivity contribution is 0.0731. The molecule has 22 heavy (non-hydrogen) atoms. The van der Waals surface area contributed by atoms with Crippen molar-refractivity contribution in [3.8, 4) is 17.2 Å². The molecule has 0 heterocycles. The number of para-hydroxylation sites is 1. The fourth-order valence-electron chi connectivity index (χ4n) is 1.71. The molecule has 0 aliphatic heterocycles. The minimum atomic E-state index is -0.854. The number of esters is 1. The lowest BCUT2D eigenvalue weighted by Crippen LogP contribution is -2.11. The standard InChI is InChI=1S/C16H14O6/c1-19-14-9-4-3-8-13(14)15(17)21-11-6-5-7-12(10-11)22-16(18)20-2/h3-10H,1-2H3. The molecule has 0 unspecified atom stereocenters. The van der Waals surface area contributed by atoms with Gasteiger partial charge in [0, 0.05) is 6.07 Å². The average molecular weight is 302 g/mol. The first-order chi connectivity index (χ1) is 10.6. The van der Waals surface area contributed by atoms with Crippen molar-refractivity contribution < 1.29 is 28.5 Å². The van der Waals surface area contributed by atoms with Crippen LogP contribution in [0.3, 0.4) is 0 Å². The van der Waals surface area contributed by atoms with Crippen LogP contribution >= 0.6 is 0 Å². The van der Waals surface area contributed by atoms with E-state index >= 15 is 0 Å². The molecule has 0 atom stereocenters. The summed E-state index contributed by atoms with van der Waals surface area (Å²) in [6, 6.07) is 12.8. The molecule has 0 fully saturated rings. The number of benzene rings is 2. The molecular weight excluding hydrogens is 288 g/mol. The smallest absolute Gasteiger partial charge is 0.496 e. The lowest BCUT2D eigenvalue weighted by atomic mass is 10.2. The maximum Gasteiger partial charge on any atom is 0.513 e. The molecular formula is C16H14O6. The van der Waals surface area contributed by atoms with E-state index in [4.69, 9.17) is 14.2 Å². The zero-order valence-corrected chi connectivity index (χ0v) is 12.1. The van der Waals surface area contributed by atoms with Crippen molar-refractivity contribution in [1.29, 1.82) is 0 Å². The van der Waals surface area contributed by atoms with Crippen molar-refractivity contribution in [1.82, 2.24) is 0 Å². The number of ether oxygens (including phenoxy) is 4. The van der Waals surface area contributed by atoms with Crippen LogP contribution in [-0.2, 0) is 4.74 Å². The number of carbonyl (C=O) groups is 2. The third-order valence-corrected chi connectivity index (χ3v) is 2.71. The van der Waals surface area contributed by atoms with Gasteiger partial charge in [-0.25, -0.2) is 9.59 Å². The van der Waals surface area contributed by atoms with Crippen molar-refractivity contribution in [3.05, 3.63) is 54.1 Å². The molecule has 6 nitrogen and oxygen atoms in total. The zero-order valence-electron chi connectivity index (χ0n) is 12.1. The minimum Gasteiger partial charge on any atom is -0.496 e. The van der Waals surface area contributed by atoms with E-state index in [1.54, 1.807) is 36.4 Å². The van der Waals surface area contributed by atoms with Gasteiger partial charge in [0.25, 0.3) is 0 Å². The van der Waals surface area contributed by atoms with Crippen LogP contribution in [0.2, 0.25) is 0 Å². The van der Waals surface area contributed by atoms with Crippen LogP contribution in [0.4, 0.5) is 4.79 Å². The van der Waals surface area contributed by atoms with Crippen LogP contribution in [0.15, 0.2) is 48.5 Å². The Bertz CT molecular complexity index is 680. The van der Waals surface area contributed by atoms with Crippen LogP contribution in [0.1, 0.15) is 10.4 Å². The Morgan fingerprint density at radius 2 is 1.55 bits per heavy atom. The Kier molecular flexibility index (Phi) is 4.98. The molecule has 0 N–H and O–H groups in total. The third-order valence-electron chi connectivity index (χ3n) is 2.71. The molecule has 0 saturated heterocycles. The first kappa shape index (κ1) is 15.4. The Labute approximate surface area is 127 Å². The molecule has 2 aromatic carbocycles. The normalized spacial score (nSPS) is 9.73. The highest BCUT2D eigenvalue weighted by Gasteiger charge is 2.14. The van der Waals surface area contributed by atoms with Gasteiger partial charge in [0.15, 0.2) is 0 Å². The van der Waals surface area contributed by atoms with Gasteiger partial charge in [-0.1, -0.05) is 18.2 Å². The fraction of sp³-hybridized carbons (Fsp3) is 0.125. The highest BCUT2D eigenvalue weighted by atomic mass is 16.7. The number of rotatable bonds is 4. The summed E-state index contributed by atoms with van der Waals surface area (Å²) in [5.74, 6) is 0.275. The van der Waals surface area contributed by atoms with E-state index in [1.807, 2.05) is 0 Å². The summed E-state index contributed by atoms with van der Waals surface area (Å²) in [6.07, 6.45) is -0.854. The van der Waals surface area contributed by atoms with Crippen molar-refractivity contribution in [2.75, 3.05) is 14.2 Å². The monoisotopic (exact) mass is 302 g/mol. The predicted octanol–water partition coefficient (Wildman–Crippen LogP) is 3.06. The topological polar surface area (TPSA) is 71.1 Å². The third kappa shape index (κ3) is 3.76. The van der Waals surface area contributed by atoms with Gasteiger partial charge in [-0.05, 0) is 24.3 Å². The molecule has 0 radical (unpaired) electrons. The molecule has 0 amide bonds. The molecule has 0 saturated carbocycles. The number of methoxy groups -OCH3 is 2. The summed E-state index contributed by atoms with van der Waals surface area (Å²) < 4.78 is 19.6. The molecule has 114 valence electrons. The van der Waals surface area contributed by atoms with Gasteiger partial charge in [0.2, 0.25) is 0 Å². The summed E-state index contributed by atoms with van der Waals surface area (Å²) in [5, 5.41) is 0. The second-order valence-electron chi connectivity index (χ2n) is 4.12. The van der Waals surface area contributed by atoms with Gasteiger partial charge in [0.05, 0.1) is 14.2 Å². The van der Waals surface area contributed by atoms with Crippen molar-refractivity contribution in [3.63, 3.8) is 0 Å².